The fraction of sp³-hybridized carbons (Fsp3) is 0.647. The molecule has 0 unspecified atom stereocenters. The molecule has 0 saturated heterocycles. The Morgan fingerprint density at radius 3 is 2.71 bits per heavy atom. The average molecular weight is 284 g/mol. The third-order valence-corrected chi connectivity index (χ3v) is 5.14. The van der Waals surface area contributed by atoms with Gasteiger partial charge in [-0.1, -0.05) is 0 Å². The topological polar surface area (TPSA) is 52.0 Å². The standard InChI is InChI=1S/C17H24N4/c1-19-14-6-8-15(9-7-14)21(2)17-13(11-18)10-12-4-3-5-16(12)20-17/h10,14-15,19H,3-9H2,1-2H3. The third kappa shape index (κ3) is 2.75. The minimum absolute atomic E-state index is 0.508. The Kier molecular flexibility index (Phi) is 4.12. The fourth-order valence-electron chi connectivity index (χ4n) is 3.74. The van der Waals surface area contributed by atoms with Gasteiger partial charge in [0.05, 0.1) is 5.56 Å². The Bertz CT molecular complexity index is 553. The molecule has 1 aromatic rings. The van der Waals surface area contributed by atoms with Gasteiger partial charge in [0.2, 0.25) is 0 Å². The van der Waals surface area contributed by atoms with Crippen molar-refractivity contribution in [3.8, 4) is 6.07 Å². The average Bonchev–Trinajstić information content (AvgIpc) is 3.00. The number of nitriles is 1. The summed E-state index contributed by atoms with van der Waals surface area (Å²) in [6, 6.07) is 5.58. The van der Waals surface area contributed by atoms with Crippen LogP contribution in [0.2, 0.25) is 0 Å². The molecule has 0 atom stereocenters. The van der Waals surface area contributed by atoms with Crippen molar-refractivity contribution >= 4 is 5.82 Å². The molecule has 1 saturated carbocycles. The Morgan fingerprint density at radius 2 is 2.05 bits per heavy atom. The van der Waals surface area contributed by atoms with Crippen molar-refractivity contribution in [2.75, 3.05) is 19.0 Å². The second-order valence-corrected chi connectivity index (χ2v) is 6.34. The van der Waals surface area contributed by atoms with Crippen LogP contribution >= 0.6 is 0 Å². The fourth-order valence-corrected chi connectivity index (χ4v) is 3.74. The molecule has 0 radical (unpaired) electrons. The summed E-state index contributed by atoms with van der Waals surface area (Å²) in [6.45, 7) is 0. The van der Waals surface area contributed by atoms with Crippen LogP contribution in [-0.4, -0.2) is 31.2 Å². The Labute approximate surface area is 127 Å². The Balaban J connectivity index is 1.81. The lowest BCUT2D eigenvalue weighted by Crippen LogP contribution is -2.40. The van der Waals surface area contributed by atoms with E-state index in [-0.39, 0.29) is 0 Å². The van der Waals surface area contributed by atoms with Crippen LogP contribution in [-0.2, 0) is 12.8 Å². The van der Waals surface area contributed by atoms with E-state index in [9.17, 15) is 5.26 Å². The minimum atomic E-state index is 0.508. The highest BCUT2D eigenvalue weighted by molar-refractivity contribution is 5.57. The van der Waals surface area contributed by atoms with Gasteiger partial charge < -0.3 is 10.2 Å². The maximum absolute atomic E-state index is 9.45. The number of nitrogens with zero attached hydrogens (tertiary/aromatic N) is 3. The first-order valence-electron chi connectivity index (χ1n) is 8.06. The predicted molar refractivity (Wildman–Crippen MR) is 84.5 cm³/mol. The lowest BCUT2D eigenvalue weighted by molar-refractivity contribution is 0.350. The van der Waals surface area contributed by atoms with Gasteiger partial charge in [-0.25, -0.2) is 4.98 Å². The zero-order valence-corrected chi connectivity index (χ0v) is 13.0. The van der Waals surface area contributed by atoms with E-state index in [0.29, 0.717) is 12.1 Å². The number of pyridine rings is 1. The lowest BCUT2D eigenvalue weighted by atomic mass is 9.90. The van der Waals surface area contributed by atoms with Gasteiger partial charge in [0, 0.05) is 24.8 Å². The van der Waals surface area contributed by atoms with E-state index in [2.05, 4.69) is 29.4 Å². The van der Waals surface area contributed by atoms with E-state index in [1.54, 1.807) is 0 Å². The van der Waals surface area contributed by atoms with Crippen molar-refractivity contribution in [2.45, 2.75) is 57.0 Å². The minimum Gasteiger partial charge on any atom is -0.356 e. The number of hydrogen-bond donors (Lipinski definition) is 1. The van der Waals surface area contributed by atoms with Crippen LogP contribution in [0.15, 0.2) is 6.07 Å². The number of hydrogen-bond acceptors (Lipinski definition) is 4. The number of anilines is 1. The van der Waals surface area contributed by atoms with Crippen LogP contribution in [0.3, 0.4) is 0 Å². The highest BCUT2D eigenvalue weighted by atomic mass is 15.2. The summed E-state index contributed by atoms with van der Waals surface area (Å²) >= 11 is 0. The monoisotopic (exact) mass is 284 g/mol. The van der Waals surface area contributed by atoms with Crippen LogP contribution < -0.4 is 10.2 Å². The van der Waals surface area contributed by atoms with Crippen LogP contribution in [0.4, 0.5) is 5.82 Å². The molecule has 0 bridgehead atoms. The Morgan fingerprint density at radius 1 is 1.29 bits per heavy atom. The van der Waals surface area contributed by atoms with E-state index in [1.165, 1.54) is 43.4 Å². The molecule has 0 amide bonds. The van der Waals surface area contributed by atoms with Crippen LogP contribution in [0.1, 0.15) is 48.9 Å². The van der Waals surface area contributed by atoms with Crippen LogP contribution in [0, 0.1) is 11.3 Å². The largest absolute Gasteiger partial charge is 0.356 e. The van der Waals surface area contributed by atoms with Crippen molar-refractivity contribution in [3.05, 3.63) is 22.9 Å². The van der Waals surface area contributed by atoms with E-state index in [4.69, 9.17) is 4.98 Å². The molecule has 21 heavy (non-hydrogen) atoms. The molecule has 1 N–H and O–H groups in total. The third-order valence-electron chi connectivity index (χ3n) is 5.14. The highest BCUT2D eigenvalue weighted by Crippen LogP contribution is 2.30. The van der Waals surface area contributed by atoms with Gasteiger partial charge in [-0.05, 0) is 63.6 Å². The quantitative estimate of drug-likeness (QED) is 0.926. The number of aromatic nitrogens is 1. The summed E-state index contributed by atoms with van der Waals surface area (Å²) in [5.41, 5.74) is 3.23. The first-order valence-corrected chi connectivity index (χ1v) is 8.06. The summed E-state index contributed by atoms with van der Waals surface area (Å²) in [5, 5.41) is 12.8. The first kappa shape index (κ1) is 14.3. The molecular weight excluding hydrogens is 260 g/mol. The predicted octanol–water partition coefficient (Wildman–Crippen LogP) is 2.41. The molecule has 0 spiro atoms. The van der Waals surface area contributed by atoms with Gasteiger partial charge in [-0.15, -0.1) is 0 Å². The molecule has 1 heterocycles. The summed E-state index contributed by atoms with van der Waals surface area (Å²) in [5.74, 6) is 0.894. The van der Waals surface area contributed by atoms with Crippen molar-refractivity contribution in [1.29, 1.82) is 5.26 Å². The normalized spacial score (nSPS) is 24.4. The summed E-state index contributed by atoms with van der Waals surface area (Å²) < 4.78 is 0. The lowest BCUT2D eigenvalue weighted by Gasteiger charge is -2.35. The number of fused-ring (bicyclic) bond motifs is 1. The van der Waals surface area contributed by atoms with Gasteiger partial charge in [0.1, 0.15) is 11.9 Å². The maximum Gasteiger partial charge on any atom is 0.146 e. The molecule has 2 aliphatic rings. The summed E-state index contributed by atoms with van der Waals surface area (Å²) in [6.07, 6.45) is 8.07. The molecule has 4 nitrogen and oxygen atoms in total. The second-order valence-electron chi connectivity index (χ2n) is 6.34. The van der Waals surface area contributed by atoms with Crippen LogP contribution in [0.5, 0.6) is 0 Å². The van der Waals surface area contributed by atoms with E-state index in [0.717, 1.165) is 24.2 Å². The van der Waals surface area contributed by atoms with Gasteiger partial charge in [0.25, 0.3) is 0 Å². The number of rotatable bonds is 3. The summed E-state index contributed by atoms with van der Waals surface area (Å²) in [4.78, 5) is 7.08. The number of aryl methyl sites for hydroxylation is 2. The smallest absolute Gasteiger partial charge is 0.146 e. The number of nitrogens with one attached hydrogen (secondary N) is 1. The molecule has 0 aliphatic heterocycles. The second kappa shape index (κ2) is 6.03. The SMILES string of the molecule is CNC1CCC(N(C)c2nc3c(cc2C#N)CCC3)CC1. The maximum atomic E-state index is 9.45. The zero-order chi connectivity index (χ0) is 14.8. The molecule has 4 heteroatoms. The molecule has 0 aromatic carbocycles. The van der Waals surface area contributed by atoms with Gasteiger partial charge in [0.15, 0.2) is 0 Å². The van der Waals surface area contributed by atoms with Gasteiger partial charge in [-0.2, -0.15) is 5.26 Å². The Hall–Kier alpha value is -1.60. The molecule has 1 fully saturated rings. The van der Waals surface area contributed by atoms with E-state index in [1.807, 2.05) is 7.05 Å². The van der Waals surface area contributed by atoms with Crippen molar-refractivity contribution in [1.82, 2.24) is 10.3 Å². The molecule has 2 aliphatic carbocycles. The molecule has 1 aromatic heterocycles. The van der Waals surface area contributed by atoms with Crippen molar-refractivity contribution in [3.63, 3.8) is 0 Å². The van der Waals surface area contributed by atoms with E-state index >= 15 is 0 Å². The summed E-state index contributed by atoms with van der Waals surface area (Å²) in [7, 11) is 4.15. The van der Waals surface area contributed by atoms with Crippen LogP contribution in [0.25, 0.3) is 0 Å². The highest BCUT2D eigenvalue weighted by Gasteiger charge is 2.26. The van der Waals surface area contributed by atoms with Crippen molar-refractivity contribution in [2.24, 2.45) is 0 Å². The van der Waals surface area contributed by atoms with E-state index < -0.39 is 0 Å². The van der Waals surface area contributed by atoms with Gasteiger partial charge >= 0.3 is 0 Å². The zero-order valence-electron chi connectivity index (χ0n) is 13.0. The van der Waals surface area contributed by atoms with Gasteiger partial charge in [-0.3, -0.25) is 0 Å². The molecule has 112 valence electrons. The van der Waals surface area contributed by atoms with Crippen molar-refractivity contribution < 1.29 is 0 Å². The first-order chi connectivity index (χ1) is 10.2. The molecule has 3 rings (SSSR count). The molecular formula is C17H24N4.